The minimum Gasteiger partial charge on any atom is -0.478 e. The number of likely N-dealkylation sites (N-methyl/N-ethyl adjacent to an activating group) is 1. The topological polar surface area (TPSA) is 104 Å². The third-order valence-corrected chi connectivity index (χ3v) is 5.16. The van der Waals surface area contributed by atoms with E-state index in [0.29, 0.717) is 6.54 Å². The summed E-state index contributed by atoms with van der Waals surface area (Å²) in [4.78, 5) is 23.6. The highest BCUT2D eigenvalue weighted by atomic mass is 79.9. The van der Waals surface area contributed by atoms with Crippen molar-refractivity contribution in [1.29, 1.82) is 0 Å². The normalized spacial score (nSPS) is 11.2. The van der Waals surface area contributed by atoms with Gasteiger partial charge in [-0.05, 0) is 41.1 Å². The van der Waals surface area contributed by atoms with E-state index in [-0.39, 0.29) is 27.4 Å². The molecule has 0 bridgehead atoms. The van der Waals surface area contributed by atoms with Crippen LogP contribution in [0.15, 0.2) is 27.6 Å². The fraction of sp³-hybridized carbons (Fsp3) is 0.333. The Hall–Kier alpha value is -1.45. The molecule has 0 radical (unpaired) electrons. The lowest BCUT2D eigenvalue weighted by molar-refractivity contribution is -0.128. The van der Waals surface area contributed by atoms with Gasteiger partial charge in [-0.25, -0.2) is 17.9 Å². The number of aromatic carboxylic acids is 1. The second-order valence-electron chi connectivity index (χ2n) is 4.18. The molecule has 0 aliphatic rings. The van der Waals surface area contributed by atoms with Gasteiger partial charge in [0.25, 0.3) is 0 Å². The average Bonchev–Trinajstić information content (AvgIpc) is 2.43. The van der Waals surface area contributed by atoms with Gasteiger partial charge in [0, 0.05) is 18.1 Å². The maximum Gasteiger partial charge on any atom is 0.335 e. The summed E-state index contributed by atoms with van der Waals surface area (Å²) in [7, 11) is -2.34. The number of benzene rings is 1. The molecular weight excluding hydrogens is 364 g/mol. The van der Waals surface area contributed by atoms with Crippen molar-refractivity contribution in [1.82, 2.24) is 9.62 Å². The highest BCUT2D eigenvalue weighted by molar-refractivity contribution is 9.10. The molecule has 1 aromatic carbocycles. The number of carbonyl (C=O) groups excluding carboxylic acids is 1. The molecule has 0 unspecified atom stereocenters. The summed E-state index contributed by atoms with van der Waals surface area (Å²) in [6.45, 7) is 1.88. The minimum absolute atomic E-state index is 0.0392. The summed E-state index contributed by atoms with van der Waals surface area (Å²) < 4.78 is 26.5. The standard InChI is InChI=1S/C12H15BrN2O5S/c1-3-15(2)11(16)7-14-21(19,20)10-5-4-8(12(17)18)6-9(10)13/h4-6,14H,3,7H2,1-2H3,(H,17,18). The second kappa shape index (κ2) is 7.01. The van der Waals surface area contributed by atoms with E-state index < -0.39 is 16.0 Å². The van der Waals surface area contributed by atoms with E-state index in [9.17, 15) is 18.0 Å². The van der Waals surface area contributed by atoms with E-state index in [1.165, 1.54) is 23.1 Å². The van der Waals surface area contributed by atoms with Crippen LogP contribution in [-0.4, -0.2) is 50.4 Å². The minimum atomic E-state index is -3.91. The van der Waals surface area contributed by atoms with Gasteiger partial charge in [-0.3, -0.25) is 4.79 Å². The van der Waals surface area contributed by atoms with Crippen LogP contribution in [0.3, 0.4) is 0 Å². The molecule has 21 heavy (non-hydrogen) atoms. The molecule has 1 rings (SSSR count). The number of amides is 1. The Kier molecular flexibility index (Phi) is 5.87. The molecule has 0 aliphatic heterocycles. The number of nitrogens with one attached hydrogen (secondary N) is 1. The summed E-state index contributed by atoms with van der Waals surface area (Å²) in [5.41, 5.74) is -0.0392. The fourth-order valence-electron chi connectivity index (χ4n) is 1.40. The first-order chi connectivity index (χ1) is 9.69. The maximum absolute atomic E-state index is 12.1. The van der Waals surface area contributed by atoms with Crippen LogP contribution < -0.4 is 4.72 Å². The van der Waals surface area contributed by atoms with Crippen molar-refractivity contribution in [3.05, 3.63) is 28.2 Å². The molecule has 0 saturated carbocycles. The van der Waals surface area contributed by atoms with Crippen LogP contribution in [0.2, 0.25) is 0 Å². The van der Waals surface area contributed by atoms with E-state index >= 15 is 0 Å². The van der Waals surface area contributed by atoms with E-state index in [1.54, 1.807) is 14.0 Å². The van der Waals surface area contributed by atoms with Crippen molar-refractivity contribution in [3.8, 4) is 0 Å². The van der Waals surface area contributed by atoms with E-state index in [2.05, 4.69) is 20.7 Å². The lowest BCUT2D eigenvalue weighted by Crippen LogP contribution is -2.38. The molecule has 0 fully saturated rings. The number of carboxylic acids is 1. The molecule has 0 atom stereocenters. The van der Waals surface area contributed by atoms with Crippen LogP contribution in [0, 0.1) is 0 Å². The lowest BCUT2D eigenvalue weighted by atomic mass is 10.2. The van der Waals surface area contributed by atoms with Crippen molar-refractivity contribution < 1.29 is 23.1 Å². The second-order valence-corrected chi connectivity index (χ2v) is 6.77. The molecule has 9 heteroatoms. The predicted octanol–water partition coefficient (Wildman–Crippen LogP) is 0.904. The fourth-order valence-corrected chi connectivity index (χ4v) is 3.45. The lowest BCUT2D eigenvalue weighted by Gasteiger charge is -2.15. The Bertz CT molecular complexity index is 660. The van der Waals surface area contributed by atoms with Crippen LogP contribution in [-0.2, 0) is 14.8 Å². The molecule has 0 aliphatic carbocycles. The number of nitrogens with zero attached hydrogens (tertiary/aromatic N) is 1. The molecule has 116 valence electrons. The zero-order valence-electron chi connectivity index (χ0n) is 11.5. The van der Waals surface area contributed by atoms with Crippen molar-refractivity contribution in [3.63, 3.8) is 0 Å². The Morgan fingerprint density at radius 3 is 2.48 bits per heavy atom. The summed E-state index contributed by atoms with van der Waals surface area (Å²) >= 11 is 3.02. The van der Waals surface area contributed by atoms with Crippen molar-refractivity contribution in [2.45, 2.75) is 11.8 Å². The van der Waals surface area contributed by atoms with Gasteiger partial charge in [0.15, 0.2) is 0 Å². The SMILES string of the molecule is CCN(C)C(=O)CNS(=O)(=O)c1ccc(C(=O)O)cc1Br. The quantitative estimate of drug-likeness (QED) is 0.765. The first-order valence-corrected chi connectivity index (χ1v) is 8.23. The van der Waals surface area contributed by atoms with Crippen LogP contribution >= 0.6 is 15.9 Å². The van der Waals surface area contributed by atoms with Crippen LogP contribution in [0.1, 0.15) is 17.3 Å². The summed E-state index contributed by atoms with van der Waals surface area (Å²) in [5.74, 6) is -1.52. The molecule has 0 heterocycles. The number of hydrogen-bond donors (Lipinski definition) is 2. The number of carboxylic acid groups (broad SMARTS) is 1. The molecule has 7 nitrogen and oxygen atoms in total. The van der Waals surface area contributed by atoms with Crippen molar-refractivity contribution in [2.24, 2.45) is 0 Å². The molecule has 1 amide bonds. The van der Waals surface area contributed by atoms with Gasteiger partial charge >= 0.3 is 5.97 Å². The number of hydrogen-bond acceptors (Lipinski definition) is 4. The summed E-state index contributed by atoms with van der Waals surface area (Å²) in [5, 5.41) is 8.83. The number of carbonyl (C=O) groups is 2. The van der Waals surface area contributed by atoms with Crippen molar-refractivity contribution >= 4 is 37.8 Å². The summed E-state index contributed by atoms with van der Waals surface area (Å²) in [6, 6.07) is 3.54. The third kappa shape index (κ3) is 4.51. The zero-order valence-corrected chi connectivity index (χ0v) is 13.9. The Morgan fingerprint density at radius 2 is 2.00 bits per heavy atom. The molecule has 0 spiro atoms. The first kappa shape index (κ1) is 17.6. The molecule has 2 N–H and O–H groups in total. The molecule has 0 aromatic heterocycles. The molecular formula is C12H15BrN2O5S. The largest absolute Gasteiger partial charge is 0.478 e. The molecule has 1 aromatic rings. The maximum atomic E-state index is 12.1. The van der Waals surface area contributed by atoms with Gasteiger partial charge in [-0.15, -0.1) is 0 Å². The van der Waals surface area contributed by atoms with Gasteiger partial charge in [-0.1, -0.05) is 0 Å². The third-order valence-electron chi connectivity index (χ3n) is 2.78. The highest BCUT2D eigenvalue weighted by Crippen LogP contribution is 2.23. The number of rotatable bonds is 6. The van der Waals surface area contributed by atoms with Gasteiger partial charge in [0.05, 0.1) is 17.0 Å². The van der Waals surface area contributed by atoms with E-state index in [4.69, 9.17) is 5.11 Å². The predicted molar refractivity (Wildman–Crippen MR) is 79.6 cm³/mol. The monoisotopic (exact) mass is 378 g/mol. The van der Waals surface area contributed by atoms with Crippen molar-refractivity contribution in [2.75, 3.05) is 20.1 Å². The smallest absolute Gasteiger partial charge is 0.335 e. The Balaban J connectivity index is 2.94. The van der Waals surface area contributed by atoms with Gasteiger partial charge < -0.3 is 10.0 Å². The highest BCUT2D eigenvalue weighted by Gasteiger charge is 2.20. The van der Waals surface area contributed by atoms with Gasteiger partial charge in [0.2, 0.25) is 15.9 Å². The number of sulfonamides is 1. The van der Waals surface area contributed by atoms with Crippen LogP contribution in [0.4, 0.5) is 0 Å². The van der Waals surface area contributed by atoms with Crippen LogP contribution in [0.5, 0.6) is 0 Å². The van der Waals surface area contributed by atoms with Gasteiger partial charge in [0.1, 0.15) is 0 Å². The Morgan fingerprint density at radius 1 is 1.38 bits per heavy atom. The van der Waals surface area contributed by atoms with Gasteiger partial charge in [-0.2, -0.15) is 0 Å². The zero-order chi connectivity index (χ0) is 16.2. The molecule has 0 saturated heterocycles. The van der Waals surface area contributed by atoms with E-state index in [1.807, 2.05) is 0 Å². The van der Waals surface area contributed by atoms with Crippen LogP contribution in [0.25, 0.3) is 0 Å². The Labute approximate surface area is 131 Å². The van der Waals surface area contributed by atoms with E-state index in [0.717, 1.165) is 0 Å². The first-order valence-electron chi connectivity index (χ1n) is 5.95. The average molecular weight is 379 g/mol. The summed E-state index contributed by atoms with van der Waals surface area (Å²) in [6.07, 6.45) is 0. The number of halogens is 1.